The number of Topliss-reactive ketones (excluding diaryl/α,β-unsaturated/α-hetero) is 1. The lowest BCUT2D eigenvalue weighted by Crippen LogP contribution is -2.39. The maximum absolute atomic E-state index is 13.1. The van der Waals surface area contributed by atoms with E-state index in [9.17, 15) is 28.1 Å². The third-order valence-corrected chi connectivity index (χ3v) is 6.10. The number of para-hydroxylation sites is 1. The van der Waals surface area contributed by atoms with Gasteiger partial charge in [-0.25, -0.2) is 13.1 Å². The molecule has 10 nitrogen and oxygen atoms in total. The topological polar surface area (TPSA) is 145 Å². The van der Waals surface area contributed by atoms with E-state index in [1.165, 1.54) is 32.2 Å². The molecule has 1 aliphatic rings. The average molecular weight is 452 g/mol. The lowest BCUT2D eigenvalue weighted by Gasteiger charge is -2.32. The Morgan fingerprint density at radius 1 is 1.26 bits per heavy atom. The molecule has 1 aromatic carbocycles. The zero-order chi connectivity index (χ0) is 23.5. The van der Waals surface area contributed by atoms with Gasteiger partial charge >= 0.3 is 5.97 Å². The van der Waals surface area contributed by atoms with Crippen molar-refractivity contribution in [1.29, 1.82) is 0 Å². The van der Waals surface area contributed by atoms with Gasteiger partial charge in [0.05, 0.1) is 11.0 Å². The van der Waals surface area contributed by atoms with Gasteiger partial charge in [0.15, 0.2) is 5.78 Å². The summed E-state index contributed by atoms with van der Waals surface area (Å²) in [5.74, 6) is -4.62. The number of hydrogen-bond acceptors (Lipinski definition) is 8. The number of nitro groups is 1. The van der Waals surface area contributed by atoms with Gasteiger partial charge in [-0.3, -0.25) is 24.7 Å². The SMILES string of the molecule is CNS(=O)(=O)CC(=O)C1=C(C)N=C(C)C(C(=O)OC(C)C)C1c1ccccc1[N+](=O)[O-]. The molecule has 0 saturated heterocycles. The molecular formula is C20H25N3O7S. The van der Waals surface area contributed by atoms with Crippen LogP contribution in [0.4, 0.5) is 5.69 Å². The Kier molecular flexibility index (Phi) is 7.45. The van der Waals surface area contributed by atoms with Crippen LogP contribution in [0.15, 0.2) is 40.5 Å². The van der Waals surface area contributed by atoms with E-state index in [0.717, 1.165) is 0 Å². The normalized spacial score (nSPS) is 19.2. The van der Waals surface area contributed by atoms with Crippen LogP contribution in [-0.4, -0.2) is 49.7 Å². The fourth-order valence-electron chi connectivity index (χ4n) is 3.59. The zero-order valence-electron chi connectivity index (χ0n) is 17.9. The summed E-state index contributed by atoms with van der Waals surface area (Å²) in [7, 11) is -2.75. The maximum Gasteiger partial charge on any atom is 0.315 e. The lowest BCUT2D eigenvalue weighted by molar-refractivity contribution is -0.385. The number of sulfonamides is 1. The van der Waals surface area contributed by atoms with Crippen LogP contribution < -0.4 is 4.72 Å². The molecule has 31 heavy (non-hydrogen) atoms. The van der Waals surface area contributed by atoms with Crippen LogP contribution in [-0.2, 0) is 24.3 Å². The second kappa shape index (κ2) is 9.48. The monoisotopic (exact) mass is 451 g/mol. The summed E-state index contributed by atoms with van der Waals surface area (Å²) < 4.78 is 31.4. The highest BCUT2D eigenvalue weighted by molar-refractivity contribution is 7.90. The van der Waals surface area contributed by atoms with Crippen molar-refractivity contribution < 1.29 is 27.7 Å². The summed E-state index contributed by atoms with van der Waals surface area (Å²) in [4.78, 5) is 41.4. The smallest absolute Gasteiger partial charge is 0.315 e. The Morgan fingerprint density at radius 3 is 2.42 bits per heavy atom. The Morgan fingerprint density at radius 2 is 1.87 bits per heavy atom. The summed E-state index contributed by atoms with van der Waals surface area (Å²) in [6.07, 6.45) is -0.470. The molecule has 168 valence electrons. The largest absolute Gasteiger partial charge is 0.462 e. The third-order valence-electron chi connectivity index (χ3n) is 4.84. The summed E-state index contributed by atoms with van der Waals surface area (Å²) in [6.45, 7) is 6.39. The number of hydrogen-bond donors (Lipinski definition) is 1. The Balaban J connectivity index is 2.76. The number of nitro benzene ring substituents is 1. The van der Waals surface area contributed by atoms with Crippen molar-refractivity contribution in [2.24, 2.45) is 10.9 Å². The van der Waals surface area contributed by atoms with Gasteiger partial charge in [0, 0.05) is 34.5 Å². The summed E-state index contributed by atoms with van der Waals surface area (Å²) in [5.41, 5.74) is 0.269. The molecule has 0 aliphatic carbocycles. The number of esters is 1. The van der Waals surface area contributed by atoms with Gasteiger partial charge in [-0.15, -0.1) is 0 Å². The second-order valence-corrected chi connectivity index (χ2v) is 9.32. The zero-order valence-corrected chi connectivity index (χ0v) is 18.7. The number of carbonyl (C=O) groups excluding carboxylic acids is 2. The summed E-state index contributed by atoms with van der Waals surface area (Å²) in [5, 5.41) is 11.7. The Labute approximate surface area is 180 Å². The fraction of sp³-hybridized carbons (Fsp3) is 0.450. The number of rotatable bonds is 8. The number of ketones is 1. The highest BCUT2D eigenvalue weighted by atomic mass is 32.2. The van der Waals surface area contributed by atoms with Gasteiger partial charge in [0.2, 0.25) is 10.0 Å². The molecule has 0 saturated carbocycles. The van der Waals surface area contributed by atoms with Crippen LogP contribution in [0.2, 0.25) is 0 Å². The van der Waals surface area contributed by atoms with Gasteiger partial charge in [-0.05, 0) is 34.7 Å². The van der Waals surface area contributed by atoms with E-state index in [1.54, 1.807) is 26.8 Å². The standard InChI is InChI=1S/C20H25N3O7S/c1-11(2)30-20(25)18-13(4)22-12(3)17(16(24)10-31(28,29)21-5)19(18)14-8-6-7-9-15(14)23(26)27/h6-9,11,18-19,21H,10H2,1-5H3. The maximum atomic E-state index is 13.1. The van der Waals surface area contributed by atoms with Gasteiger partial charge < -0.3 is 4.74 Å². The van der Waals surface area contributed by atoms with E-state index in [0.29, 0.717) is 5.71 Å². The molecule has 1 aliphatic heterocycles. The number of ether oxygens (including phenoxy) is 1. The molecule has 2 rings (SSSR count). The second-order valence-electron chi connectivity index (χ2n) is 7.40. The van der Waals surface area contributed by atoms with Crippen molar-refractivity contribution in [2.75, 3.05) is 12.8 Å². The Hall–Kier alpha value is -2.92. The van der Waals surface area contributed by atoms with Crippen LogP contribution >= 0.6 is 0 Å². The van der Waals surface area contributed by atoms with Crippen LogP contribution in [0.25, 0.3) is 0 Å². The van der Waals surface area contributed by atoms with Crippen molar-refractivity contribution in [2.45, 2.75) is 39.7 Å². The minimum absolute atomic E-state index is 0.0653. The van der Waals surface area contributed by atoms with Crippen LogP contribution in [0, 0.1) is 16.0 Å². The molecule has 1 N–H and O–H groups in total. The van der Waals surface area contributed by atoms with Gasteiger partial charge in [0.1, 0.15) is 11.7 Å². The quantitative estimate of drug-likeness (QED) is 0.362. The number of nitrogens with one attached hydrogen (secondary N) is 1. The van der Waals surface area contributed by atoms with Crippen molar-refractivity contribution in [3.8, 4) is 0 Å². The van der Waals surface area contributed by atoms with E-state index < -0.39 is 50.4 Å². The van der Waals surface area contributed by atoms with Crippen molar-refractivity contribution >= 4 is 33.2 Å². The molecule has 0 bridgehead atoms. The van der Waals surface area contributed by atoms with Gasteiger partial charge in [-0.1, -0.05) is 18.2 Å². The van der Waals surface area contributed by atoms with E-state index in [2.05, 4.69) is 9.71 Å². The molecule has 2 unspecified atom stereocenters. The third kappa shape index (κ3) is 5.42. The first-order valence-electron chi connectivity index (χ1n) is 9.53. The number of allylic oxidation sites excluding steroid dienone is 2. The predicted octanol–water partition coefficient (Wildman–Crippen LogP) is 2.11. The van der Waals surface area contributed by atoms with Crippen molar-refractivity contribution in [1.82, 2.24) is 4.72 Å². The number of nitrogens with zero attached hydrogens (tertiary/aromatic N) is 2. The first-order valence-corrected chi connectivity index (χ1v) is 11.2. The summed E-state index contributed by atoms with van der Waals surface area (Å²) >= 11 is 0. The average Bonchev–Trinajstić information content (AvgIpc) is 2.66. The molecule has 0 radical (unpaired) electrons. The minimum atomic E-state index is -3.93. The number of carbonyl (C=O) groups is 2. The van der Waals surface area contributed by atoms with Crippen molar-refractivity contribution in [3.63, 3.8) is 0 Å². The van der Waals surface area contributed by atoms with Crippen LogP contribution in [0.5, 0.6) is 0 Å². The molecule has 0 spiro atoms. The highest BCUT2D eigenvalue weighted by Gasteiger charge is 2.44. The molecule has 1 heterocycles. The van der Waals surface area contributed by atoms with E-state index in [1.807, 2.05) is 0 Å². The lowest BCUT2D eigenvalue weighted by atomic mass is 9.74. The number of aliphatic imine (C=N–C) groups is 1. The molecule has 0 amide bonds. The first kappa shape index (κ1) is 24.4. The van der Waals surface area contributed by atoms with E-state index in [4.69, 9.17) is 4.74 Å². The first-order chi connectivity index (χ1) is 14.4. The van der Waals surface area contributed by atoms with Crippen LogP contribution in [0.3, 0.4) is 0 Å². The number of benzene rings is 1. The minimum Gasteiger partial charge on any atom is -0.462 e. The Bertz CT molecular complexity index is 1070. The molecule has 11 heteroatoms. The summed E-state index contributed by atoms with van der Waals surface area (Å²) in [6, 6.07) is 5.74. The molecule has 2 atom stereocenters. The van der Waals surface area contributed by atoms with Crippen molar-refractivity contribution in [3.05, 3.63) is 51.2 Å². The molecule has 0 fully saturated rings. The molecule has 1 aromatic rings. The molecular weight excluding hydrogens is 426 g/mol. The highest BCUT2D eigenvalue weighted by Crippen LogP contribution is 2.43. The van der Waals surface area contributed by atoms with Gasteiger partial charge in [0.25, 0.3) is 5.69 Å². The molecule has 0 aromatic heterocycles. The van der Waals surface area contributed by atoms with Gasteiger partial charge in [-0.2, -0.15) is 0 Å². The predicted molar refractivity (Wildman–Crippen MR) is 114 cm³/mol. The van der Waals surface area contributed by atoms with E-state index >= 15 is 0 Å². The fourth-order valence-corrected chi connectivity index (χ4v) is 4.23. The van der Waals surface area contributed by atoms with E-state index in [-0.39, 0.29) is 22.5 Å². The van der Waals surface area contributed by atoms with Crippen LogP contribution in [0.1, 0.15) is 39.2 Å².